The van der Waals surface area contributed by atoms with Crippen LogP contribution in [0.15, 0.2) is 47.8 Å². The molecular formula is C24H32N2O2. The minimum atomic E-state index is -0.0727. The fraction of sp³-hybridized carbons (Fsp3) is 0.500. The average Bonchev–Trinajstić information content (AvgIpc) is 2.61. The highest BCUT2D eigenvalue weighted by Crippen LogP contribution is 2.38. The van der Waals surface area contributed by atoms with Crippen molar-refractivity contribution >= 4 is 22.9 Å². The van der Waals surface area contributed by atoms with Gasteiger partial charge in [-0.05, 0) is 61.8 Å². The van der Waals surface area contributed by atoms with E-state index in [1.54, 1.807) is 13.8 Å². The Morgan fingerprint density at radius 2 is 1.04 bits per heavy atom. The van der Waals surface area contributed by atoms with E-state index in [9.17, 15) is 9.59 Å². The molecule has 150 valence electrons. The molecule has 0 bridgehead atoms. The van der Waals surface area contributed by atoms with Gasteiger partial charge in [-0.1, -0.05) is 27.7 Å². The second-order valence-electron chi connectivity index (χ2n) is 9.37. The van der Waals surface area contributed by atoms with Crippen molar-refractivity contribution in [3.63, 3.8) is 0 Å². The first kappa shape index (κ1) is 20.4. The lowest BCUT2D eigenvalue weighted by Gasteiger charge is -2.38. The fourth-order valence-electron chi connectivity index (χ4n) is 4.24. The van der Waals surface area contributed by atoms with Crippen LogP contribution in [0.4, 0.5) is 11.4 Å². The van der Waals surface area contributed by atoms with Gasteiger partial charge in [0.25, 0.3) is 0 Å². The number of nitrogens with zero attached hydrogens (tertiary/aromatic N) is 2. The maximum absolute atomic E-state index is 12.1. The smallest absolute Gasteiger partial charge is 0.157 e. The number of ketones is 2. The zero-order valence-electron chi connectivity index (χ0n) is 18.0. The summed E-state index contributed by atoms with van der Waals surface area (Å²) in [6, 6.07) is 8.40. The zero-order valence-corrected chi connectivity index (χ0v) is 18.0. The molecule has 28 heavy (non-hydrogen) atoms. The molecular weight excluding hydrogens is 348 g/mol. The van der Waals surface area contributed by atoms with E-state index in [1.165, 1.54) is 0 Å². The van der Waals surface area contributed by atoms with Crippen molar-refractivity contribution < 1.29 is 9.59 Å². The predicted octanol–water partition coefficient (Wildman–Crippen LogP) is 5.11. The van der Waals surface area contributed by atoms with Crippen molar-refractivity contribution in [1.82, 2.24) is 0 Å². The summed E-state index contributed by atoms with van der Waals surface area (Å²) in [5.74, 6) is 0.285. The number of hydrogen-bond acceptors (Lipinski definition) is 4. The van der Waals surface area contributed by atoms with Crippen molar-refractivity contribution in [2.45, 2.75) is 54.4 Å². The number of carbonyl (C=O) groups is 2. The van der Waals surface area contributed by atoms with E-state index in [2.05, 4.69) is 61.8 Å². The average molecular weight is 381 g/mol. The molecule has 0 saturated heterocycles. The van der Waals surface area contributed by atoms with Crippen LogP contribution in [0.25, 0.3) is 0 Å². The van der Waals surface area contributed by atoms with E-state index < -0.39 is 0 Å². The fourth-order valence-corrected chi connectivity index (χ4v) is 4.24. The Bertz CT molecular complexity index is 773. The van der Waals surface area contributed by atoms with Crippen molar-refractivity contribution in [2.24, 2.45) is 10.8 Å². The van der Waals surface area contributed by atoms with Crippen molar-refractivity contribution in [3.8, 4) is 0 Å². The Morgan fingerprint density at radius 1 is 0.714 bits per heavy atom. The molecule has 0 spiro atoms. The standard InChI is InChI=1S/C24H32N2O2/c1-17(27)21-15-25(13-11-23(21,3)4)19-7-9-20(10-8-19)26-14-12-24(5,6)22(16-26)18(2)28/h7-10,15-16H,11-14H2,1-6H3. The van der Waals surface area contributed by atoms with Crippen LogP contribution in [0, 0.1) is 10.8 Å². The highest BCUT2D eigenvalue weighted by atomic mass is 16.1. The molecule has 0 radical (unpaired) electrons. The first-order chi connectivity index (χ1) is 13.0. The van der Waals surface area contributed by atoms with E-state index in [4.69, 9.17) is 0 Å². The van der Waals surface area contributed by atoms with Crippen molar-refractivity contribution in [3.05, 3.63) is 47.8 Å². The number of benzene rings is 1. The van der Waals surface area contributed by atoms with E-state index in [0.29, 0.717) is 0 Å². The van der Waals surface area contributed by atoms with Gasteiger partial charge < -0.3 is 9.80 Å². The maximum Gasteiger partial charge on any atom is 0.157 e. The molecule has 0 aliphatic carbocycles. The van der Waals surface area contributed by atoms with Gasteiger partial charge in [0.15, 0.2) is 11.6 Å². The van der Waals surface area contributed by atoms with Gasteiger partial charge in [-0.2, -0.15) is 0 Å². The third kappa shape index (κ3) is 3.91. The first-order valence-electron chi connectivity index (χ1n) is 10.1. The number of carbonyl (C=O) groups excluding carboxylic acids is 2. The molecule has 0 unspecified atom stereocenters. The minimum Gasteiger partial charge on any atom is -0.348 e. The van der Waals surface area contributed by atoms with Crippen molar-refractivity contribution in [1.29, 1.82) is 0 Å². The summed E-state index contributed by atoms with van der Waals surface area (Å²) in [4.78, 5) is 28.4. The van der Waals surface area contributed by atoms with Gasteiger partial charge in [-0.15, -0.1) is 0 Å². The van der Waals surface area contributed by atoms with Crippen molar-refractivity contribution in [2.75, 3.05) is 22.9 Å². The molecule has 0 amide bonds. The Balaban J connectivity index is 1.85. The molecule has 2 aliphatic rings. The van der Waals surface area contributed by atoms with Crippen LogP contribution in [0.5, 0.6) is 0 Å². The maximum atomic E-state index is 12.1. The molecule has 4 nitrogen and oxygen atoms in total. The number of Topliss-reactive ketones (excluding diaryl/α,β-unsaturated/α-hetero) is 2. The summed E-state index contributed by atoms with van der Waals surface area (Å²) in [6.45, 7) is 13.6. The summed E-state index contributed by atoms with van der Waals surface area (Å²) in [5.41, 5.74) is 3.80. The van der Waals surface area contributed by atoms with Gasteiger partial charge in [0, 0.05) is 48.0 Å². The van der Waals surface area contributed by atoms with Crippen LogP contribution in [-0.4, -0.2) is 24.7 Å². The molecule has 0 aromatic heterocycles. The Kier molecular flexibility index (Phi) is 5.26. The molecule has 0 atom stereocenters. The van der Waals surface area contributed by atoms with Crippen LogP contribution < -0.4 is 9.80 Å². The Hall–Kier alpha value is -2.36. The lowest BCUT2D eigenvalue weighted by molar-refractivity contribution is -0.115. The second kappa shape index (κ2) is 7.23. The quantitative estimate of drug-likeness (QED) is 0.728. The van der Waals surface area contributed by atoms with E-state index in [0.717, 1.165) is 48.5 Å². The van der Waals surface area contributed by atoms with Gasteiger partial charge in [0.05, 0.1) is 0 Å². The molecule has 2 heterocycles. The van der Waals surface area contributed by atoms with Gasteiger partial charge in [-0.3, -0.25) is 9.59 Å². The number of hydrogen-bond donors (Lipinski definition) is 0. The minimum absolute atomic E-state index is 0.0727. The third-order valence-corrected chi connectivity index (χ3v) is 6.26. The summed E-state index contributed by atoms with van der Waals surface area (Å²) >= 11 is 0. The van der Waals surface area contributed by atoms with Crippen LogP contribution in [0.3, 0.4) is 0 Å². The lowest BCUT2D eigenvalue weighted by Crippen LogP contribution is -2.35. The third-order valence-electron chi connectivity index (χ3n) is 6.26. The molecule has 0 saturated carbocycles. The Labute approximate surface area is 168 Å². The topological polar surface area (TPSA) is 40.6 Å². The highest BCUT2D eigenvalue weighted by Gasteiger charge is 2.32. The van der Waals surface area contributed by atoms with Gasteiger partial charge in [0.1, 0.15) is 0 Å². The van der Waals surface area contributed by atoms with Crippen LogP contribution in [0.2, 0.25) is 0 Å². The van der Waals surface area contributed by atoms with Gasteiger partial charge in [0.2, 0.25) is 0 Å². The summed E-state index contributed by atoms with van der Waals surface area (Å²) in [6.07, 6.45) is 5.92. The SMILES string of the molecule is CC(=O)C1=CN(c2ccc(N3C=C(C(C)=O)C(C)(C)CC3)cc2)CCC1(C)C. The molecule has 1 aromatic rings. The summed E-state index contributed by atoms with van der Waals surface area (Å²) in [7, 11) is 0. The predicted molar refractivity (Wildman–Crippen MR) is 115 cm³/mol. The molecule has 0 N–H and O–H groups in total. The monoisotopic (exact) mass is 380 g/mol. The van der Waals surface area contributed by atoms with Gasteiger partial charge in [-0.25, -0.2) is 0 Å². The largest absolute Gasteiger partial charge is 0.348 e. The zero-order chi connectivity index (χ0) is 20.7. The first-order valence-corrected chi connectivity index (χ1v) is 10.1. The number of anilines is 2. The Morgan fingerprint density at radius 3 is 1.32 bits per heavy atom. The number of allylic oxidation sites excluding steroid dienone is 2. The lowest BCUT2D eigenvalue weighted by atomic mass is 9.77. The number of rotatable bonds is 4. The van der Waals surface area contributed by atoms with E-state index in [1.807, 2.05) is 12.4 Å². The molecule has 3 rings (SSSR count). The summed E-state index contributed by atoms with van der Waals surface area (Å²) < 4.78 is 0. The molecule has 0 fully saturated rings. The van der Waals surface area contributed by atoms with E-state index >= 15 is 0 Å². The highest BCUT2D eigenvalue weighted by molar-refractivity contribution is 5.96. The molecule has 4 heteroatoms. The van der Waals surface area contributed by atoms with Gasteiger partial charge >= 0.3 is 0 Å². The molecule has 1 aromatic carbocycles. The normalized spacial score (nSPS) is 21.1. The van der Waals surface area contributed by atoms with E-state index in [-0.39, 0.29) is 22.4 Å². The molecule has 2 aliphatic heterocycles. The summed E-state index contributed by atoms with van der Waals surface area (Å²) in [5, 5.41) is 0. The van der Waals surface area contributed by atoms with Crippen LogP contribution in [-0.2, 0) is 9.59 Å². The van der Waals surface area contributed by atoms with Crippen LogP contribution >= 0.6 is 0 Å². The second-order valence-corrected chi connectivity index (χ2v) is 9.37. The van der Waals surface area contributed by atoms with Crippen LogP contribution in [0.1, 0.15) is 54.4 Å².